The average Bonchev–Trinajstić information content (AvgIpc) is 2.33. The molecule has 5 nitrogen and oxygen atoms in total. The van der Waals surface area contributed by atoms with Crippen LogP contribution in [0.3, 0.4) is 0 Å². The normalized spacial score (nSPS) is 10.2. The van der Waals surface area contributed by atoms with E-state index in [0.29, 0.717) is 37.2 Å². The van der Waals surface area contributed by atoms with E-state index in [2.05, 4.69) is 10.3 Å². The molecule has 0 radical (unpaired) electrons. The summed E-state index contributed by atoms with van der Waals surface area (Å²) in [6.45, 7) is 1.93. The van der Waals surface area contributed by atoms with Crippen LogP contribution in [0.1, 0.15) is 10.5 Å². The van der Waals surface area contributed by atoms with Crippen LogP contribution >= 0.6 is 11.6 Å². The van der Waals surface area contributed by atoms with Crippen molar-refractivity contribution in [3.05, 3.63) is 29.0 Å². The molecule has 1 aromatic rings. The van der Waals surface area contributed by atoms with Gasteiger partial charge < -0.3 is 14.8 Å². The van der Waals surface area contributed by atoms with Crippen molar-refractivity contribution in [1.82, 2.24) is 10.3 Å². The monoisotopic (exact) mass is 258 g/mol. The Balaban J connectivity index is 2.21. The summed E-state index contributed by atoms with van der Waals surface area (Å²) in [5.41, 5.74) is 0.300. The zero-order valence-electron chi connectivity index (χ0n) is 9.61. The Morgan fingerprint density at radius 1 is 1.41 bits per heavy atom. The molecule has 1 N–H and O–H groups in total. The summed E-state index contributed by atoms with van der Waals surface area (Å²) < 4.78 is 10.0. The van der Waals surface area contributed by atoms with Crippen molar-refractivity contribution in [3.63, 3.8) is 0 Å². The van der Waals surface area contributed by atoms with Gasteiger partial charge in [-0.05, 0) is 12.1 Å². The topological polar surface area (TPSA) is 60.5 Å². The maximum atomic E-state index is 11.6. The zero-order valence-corrected chi connectivity index (χ0v) is 10.4. The van der Waals surface area contributed by atoms with Crippen LogP contribution in [0.25, 0.3) is 0 Å². The van der Waals surface area contributed by atoms with Crippen molar-refractivity contribution < 1.29 is 14.3 Å². The lowest BCUT2D eigenvalue weighted by Gasteiger charge is -2.05. The van der Waals surface area contributed by atoms with Crippen LogP contribution in [0, 0.1) is 0 Å². The van der Waals surface area contributed by atoms with Gasteiger partial charge in [0.25, 0.3) is 5.91 Å². The minimum absolute atomic E-state index is 0.261. The van der Waals surface area contributed by atoms with Gasteiger partial charge in [-0.2, -0.15) is 0 Å². The molecule has 6 heteroatoms. The van der Waals surface area contributed by atoms with Crippen LogP contribution in [0.5, 0.6) is 0 Å². The summed E-state index contributed by atoms with van der Waals surface area (Å²) in [7, 11) is 1.61. The number of rotatable bonds is 7. The number of methoxy groups -OCH3 is 1. The van der Waals surface area contributed by atoms with E-state index in [0.717, 1.165) is 0 Å². The first-order chi connectivity index (χ1) is 8.24. The molecule has 0 bridgehead atoms. The second-order valence-electron chi connectivity index (χ2n) is 3.21. The van der Waals surface area contributed by atoms with Crippen molar-refractivity contribution in [1.29, 1.82) is 0 Å². The van der Waals surface area contributed by atoms with Crippen molar-refractivity contribution in [3.8, 4) is 0 Å². The van der Waals surface area contributed by atoms with Crippen molar-refractivity contribution in [2.75, 3.05) is 33.5 Å². The highest BCUT2D eigenvalue weighted by Gasteiger charge is 2.06. The number of nitrogens with one attached hydrogen (secondary N) is 1. The van der Waals surface area contributed by atoms with Gasteiger partial charge in [0.05, 0.1) is 19.8 Å². The standard InChI is InChI=1S/C11H15ClN2O3/c1-16-7-8-17-6-5-13-11(15)9-3-2-4-10(12)14-9/h2-4H,5-8H2,1H3,(H,13,15). The van der Waals surface area contributed by atoms with Gasteiger partial charge in [0.2, 0.25) is 0 Å². The van der Waals surface area contributed by atoms with Crippen molar-refractivity contribution in [2.45, 2.75) is 0 Å². The van der Waals surface area contributed by atoms with Gasteiger partial charge in [-0.15, -0.1) is 0 Å². The van der Waals surface area contributed by atoms with Gasteiger partial charge in [-0.1, -0.05) is 17.7 Å². The number of carbonyl (C=O) groups is 1. The van der Waals surface area contributed by atoms with Gasteiger partial charge in [-0.3, -0.25) is 4.79 Å². The molecular formula is C11H15ClN2O3. The minimum atomic E-state index is -0.261. The number of ether oxygens (including phenoxy) is 2. The fourth-order valence-corrected chi connectivity index (χ4v) is 1.27. The molecule has 1 heterocycles. The molecule has 94 valence electrons. The molecule has 0 spiro atoms. The lowest BCUT2D eigenvalue weighted by Crippen LogP contribution is -2.28. The molecule has 1 amide bonds. The fraction of sp³-hybridized carbons (Fsp3) is 0.455. The maximum Gasteiger partial charge on any atom is 0.270 e. The number of halogens is 1. The third-order valence-corrected chi connectivity index (χ3v) is 2.12. The van der Waals surface area contributed by atoms with Crippen LogP contribution in [0.15, 0.2) is 18.2 Å². The summed E-state index contributed by atoms with van der Waals surface area (Å²) in [4.78, 5) is 15.5. The van der Waals surface area contributed by atoms with Gasteiger partial charge in [0, 0.05) is 13.7 Å². The van der Waals surface area contributed by atoms with Crippen LogP contribution < -0.4 is 5.32 Å². The summed E-state index contributed by atoms with van der Waals surface area (Å²) in [5.74, 6) is -0.261. The molecule has 0 atom stereocenters. The summed E-state index contributed by atoms with van der Waals surface area (Å²) in [6, 6.07) is 4.90. The van der Waals surface area contributed by atoms with Crippen molar-refractivity contribution >= 4 is 17.5 Å². The highest BCUT2D eigenvalue weighted by molar-refractivity contribution is 6.29. The van der Waals surface area contributed by atoms with Crippen molar-refractivity contribution in [2.24, 2.45) is 0 Å². The SMILES string of the molecule is COCCOCCNC(=O)c1cccc(Cl)n1. The quantitative estimate of drug-likeness (QED) is 0.588. The first kappa shape index (κ1) is 13.9. The molecule has 17 heavy (non-hydrogen) atoms. The summed E-state index contributed by atoms with van der Waals surface area (Å²) in [5, 5.41) is 2.98. The molecule has 0 aliphatic rings. The molecule has 0 fully saturated rings. The van der Waals surface area contributed by atoms with Gasteiger partial charge in [0.15, 0.2) is 0 Å². The van der Waals surface area contributed by atoms with Gasteiger partial charge >= 0.3 is 0 Å². The molecule has 0 saturated carbocycles. The minimum Gasteiger partial charge on any atom is -0.382 e. The largest absolute Gasteiger partial charge is 0.382 e. The lowest BCUT2D eigenvalue weighted by atomic mass is 10.3. The fourth-order valence-electron chi connectivity index (χ4n) is 1.11. The van der Waals surface area contributed by atoms with E-state index in [1.807, 2.05) is 0 Å². The number of pyridine rings is 1. The van der Waals surface area contributed by atoms with Crippen LogP contribution in [-0.2, 0) is 9.47 Å². The van der Waals surface area contributed by atoms with E-state index < -0.39 is 0 Å². The highest BCUT2D eigenvalue weighted by atomic mass is 35.5. The van der Waals surface area contributed by atoms with E-state index in [4.69, 9.17) is 21.1 Å². The van der Waals surface area contributed by atoms with Crippen LogP contribution in [-0.4, -0.2) is 44.4 Å². The second-order valence-corrected chi connectivity index (χ2v) is 3.59. The van der Waals surface area contributed by atoms with E-state index in [1.165, 1.54) is 0 Å². The lowest BCUT2D eigenvalue weighted by molar-refractivity contribution is 0.0692. The van der Waals surface area contributed by atoms with E-state index in [9.17, 15) is 4.79 Å². The third kappa shape index (κ3) is 5.63. The Kier molecular flexibility index (Phi) is 6.54. The number of hydrogen-bond acceptors (Lipinski definition) is 4. The molecule has 0 aromatic carbocycles. The Bertz CT molecular complexity index is 360. The van der Waals surface area contributed by atoms with Crippen LogP contribution in [0.2, 0.25) is 5.15 Å². The Morgan fingerprint density at radius 3 is 2.94 bits per heavy atom. The first-order valence-corrected chi connectivity index (χ1v) is 5.59. The zero-order chi connectivity index (χ0) is 12.5. The molecule has 0 aliphatic heterocycles. The Hall–Kier alpha value is -1.17. The predicted octanol–water partition coefficient (Wildman–Crippen LogP) is 1.13. The van der Waals surface area contributed by atoms with Gasteiger partial charge in [-0.25, -0.2) is 4.98 Å². The molecule has 0 saturated heterocycles. The Morgan fingerprint density at radius 2 is 2.24 bits per heavy atom. The molecule has 1 aromatic heterocycles. The van der Waals surface area contributed by atoms with E-state index in [1.54, 1.807) is 25.3 Å². The number of nitrogens with zero attached hydrogens (tertiary/aromatic N) is 1. The number of carbonyl (C=O) groups excluding carboxylic acids is 1. The smallest absolute Gasteiger partial charge is 0.270 e. The van der Waals surface area contributed by atoms with Gasteiger partial charge in [0.1, 0.15) is 10.8 Å². The highest BCUT2D eigenvalue weighted by Crippen LogP contribution is 2.04. The molecule has 1 rings (SSSR count). The van der Waals surface area contributed by atoms with Crippen LogP contribution in [0.4, 0.5) is 0 Å². The van der Waals surface area contributed by atoms with E-state index >= 15 is 0 Å². The third-order valence-electron chi connectivity index (χ3n) is 1.91. The molecule has 0 unspecified atom stereocenters. The average molecular weight is 259 g/mol. The summed E-state index contributed by atoms with van der Waals surface area (Å²) in [6.07, 6.45) is 0. The number of hydrogen-bond donors (Lipinski definition) is 1. The molecule has 0 aliphatic carbocycles. The predicted molar refractivity (Wildman–Crippen MR) is 64.3 cm³/mol. The maximum absolute atomic E-state index is 11.6. The second kappa shape index (κ2) is 8.00. The Labute approximate surface area is 105 Å². The van der Waals surface area contributed by atoms with E-state index in [-0.39, 0.29) is 5.91 Å². The summed E-state index contributed by atoms with van der Waals surface area (Å²) >= 11 is 5.68. The molecular weight excluding hydrogens is 244 g/mol. The number of amides is 1. The first-order valence-electron chi connectivity index (χ1n) is 5.21. The number of aromatic nitrogens is 1.